The number of carbonyl (C=O) groups is 1. The van der Waals surface area contributed by atoms with Gasteiger partial charge in [0.25, 0.3) is 0 Å². The number of para-hydroxylation sites is 1. The van der Waals surface area contributed by atoms with Gasteiger partial charge in [-0.05, 0) is 16.8 Å². The largest absolute Gasteiger partial charge is 0.659 e. The van der Waals surface area contributed by atoms with E-state index in [1.54, 1.807) is 12.1 Å². The molecule has 0 saturated heterocycles. The van der Waals surface area contributed by atoms with E-state index in [0.29, 0.717) is 12.2 Å². The summed E-state index contributed by atoms with van der Waals surface area (Å²) in [6.07, 6.45) is 0. The van der Waals surface area contributed by atoms with E-state index in [9.17, 15) is 4.79 Å². The molecule has 0 spiro atoms. The molecule has 2 N–H and O–H groups in total. The highest BCUT2D eigenvalue weighted by molar-refractivity contribution is 6.04. The molecule has 0 bridgehead atoms. The maximum atomic E-state index is 12.4. The SMILES string of the molecule is [NH-]c1on[n+](Cc2ccccc2)c1C(=O)Nc1ccccc1. The number of nitrogens with zero attached hydrogens (tertiary/aromatic N) is 2. The van der Waals surface area contributed by atoms with Gasteiger partial charge in [-0.3, -0.25) is 4.79 Å². The molecule has 2 aromatic carbocycles. The van der Waals surface area contributed by atoms with Crippen LogP contribution in [0.2, 0.25) is 0 Å². The van der Waals surface area contributed by atoms with Crippen molar-refractivity contribution in [1.29, 1.82) is 0 Å². The van der Waals surface area contributed by atoms with Crippen LogP contribution < -0.4 is 10.00 Å². The molecule has 0 fully saturated rings. The normalized spacial score (nSPS) is 10.4. The first-order valence-electron chi connectivity index (χ1n) is 6.76. The molecule has 0 saturated carbocycles. The molecule has 0 aliphatic heterocycles. The maximum Gasteiger partial charge on any atom is 0.325 e. The predicted octanol–water partition coefficient (Wildman–Crippen LogP) is 2.95. The number of aromatic nitrogens is 2. The topological polar surface area (TPSA) is 82.8 Å². The minimum Gasteiger partial charge on any atom is -0.659 e. The average Bonchev–Trinajstić information content (AvgIpc) is 2.90. The van der Waals surface area contributed by atoms with Crippen molar-refractivity contribution in [3.63, 3.8) is 0 Å². The Morgan fingerprint density at radius 1 is 1.09 bits per heavy atom. The van der Waals surface area contributed by atoms with Gasteiger partial charge in [-0.15, -0.1) is 0 Å². The Morgan fingerprint density at radius 2 is 1.73 bits per heavy atom. The predicted molar refractivity (Wildman–Crippen MR) is 80.6 cm³/mol. The molecule has 22 heavy (non-hydrogen) atoms. The standard InChI is InChI=1S/C16H14N4O2/c17-15-14(16(21)18-13-9-5-2-6-10-13)20(19-22-15)11-12-7-3-1-4-8-12/h1-10H,11H2,(H2-,17,18,19,21). The van der Waals surface area contributed by atoms with Crippen molar-refractivity contribution >= 4 is 17.5 Å². The summed E-state index contributed by atoms with van der Waals surface area (Å²) in [4.78, 5) is 12.4. The maximum absolute atomic E-state index is 12.4. The molecule has 1 amide bonds. The fourth-order valence-corrected chi connectivity index (χ4v) is 2.09. The van der Waals surface area contributed by atoms with E-state index in [2.05, 4.69) is 10.6 Å². The molecular weight excluding hydrogens is 280 g/mol. The van der Waals surface area contributed by atoms with Crippen LogP contribution in [-0.2, 0) is 6.54 Å². The van der Waals surface area contributed by atoms with E-state index in [1.807, 2.05) is 48.5 Å². The second-order valence-corrected chi connectivity index (χ2v) is 4.71. The highest BCUT2D eigenvalue weighted by Gasteiger charge is 2.26. The van der Waals surface area contributed by atoms with E-state index >= 15 is 0 Å². The monoisotopic (exact) mass is 294 g/mol. The first kappa shape index (κ1) is 13.8. The molecule has 0 atom stereocenters. The van der Waals surface area contributed by atoms with Crippen molar-refractivity contribution in [2.45, 2.75) is 6.54 Å². The molecule has 0 radical (unpaired) electrons. The second-order valence-electron chi connectivity index (χ2n) is 4.71. The number of hydrogen-bond acceptors (Lipinski definition) is 3. The lowest BCUT2D eigenvalue weighted by Crippen LogP contribution is -2.43. The number of nitrogens with one attached hydrogen (secondary N) is 2. The molecule has 3 rings (SSSR count). The van der Waals surface area contributed by atoms with Gasteiger partial charge >= 0.3 is 11.6 Å². The van der Waals surface area contributed by atoms with Gasteiger partial charge in [-0.1, -0.05) is 48.5 Å². The van der Waals surface area contributed by atoms with Gasteiger partial charge in [-0.25, -0.2) is 0 Å². The molecule has 110 valence electrons. The lowest BCUT2D eigenvalue weighted by molar-refractivity contribution is -0.756. The lowest BCUT2D eigenvalue weighted by atomic mass is 10.2. The first-order valence-corrected chi connectivity index (χ1v) is 6.76. The van der Waals surface area contributed by atoms with Crippen molar-refractivity contribution in [2.24, 2.45) is 0 Å². The first-order chi connectivity index (χ1) is 10.7. The van der Waals surface area contributed by atoms with Gasteiger partial charge in [0.1, 0.15) is 5.88 Å². The Morgan fingerprint density at radius 3 is 2.41 bits per heavy atom. The number of benzene rings is 2. The van der Waals surface area contributed by atoms with Crippen molar-refractivity contribution in [3.8, 4) is 0 Å². The second kappa shape index (κ2) is 6.09. The van der Waals surface area contributed by atoms with Crippen LogP contribution in [0.4, 0.5) is 11.6 Å². The van der Waals surface area contributed by atoms with E-state index < -0.39 is 5.91 Å². The van der Waals surface area contributed by atoms with Gasteiger partial charge in [0.2, 0.25) is 6.54 Å². The van der Waals surface area contributed by atoms with E-state index in [-0.39, 0.29) is 11.6 Å². The van der Waals surface area contributed by atoms with Gasteiger partial charge in [-0.2, -0.15) is 0 Å². The molecule has 0 aliphatic rings. The Hall–Kier alpha value is -3.15. The minimum absolute atomic E-state index is 0.0905. The molecule has 3 aromatic rings. The Balaban J connectivity index is 1.84. The number of anilines is 1. The van der Waals surface area contributed by atoms with Crippen LogP contribution in [-0.4, -0.2) is 11.2 Å². The van der Waals surface area contributed by atoms with E-state index in [0.717, 1.165) is 5.56 Å². The van der Waals surface area contributed by atoms with Crippen LogP contribution in [0.15, 0.2) is 65.2 Å². The average molecular weight is 294 g/mol. The lowest BCUT2D eigenvalue weighted by Gasteiger charge is -2.02. The molecule has 6 heteroatoms. The Bertz CT molecular complexity index is 769. The molecular formula is C16H14N4O2. The Labute approximate surface area is 127 Å². The highest BCUT2D eigenvalue weighted by Crippen LogP contribution is 2.15. The van der Waals surface area contributed by atoms with E-state index in [1.165, 1.54) is 4.68 Å². The zero-order valence-electron chi connectivity index (χ0n) is 11.7. The summed E-state index contributed by atoms with van der Waals surface area (Å²) in [5, 5.41) is 6.50. The van der Waals surface area contributed by atoms with Crippen LogP contribution in [0.3, 0.4) is 0 Å². The van der Waals surface area contributed by atoms with Gasteiger partial charge in [0.05, 0.1) is 0 Å². The summed E-state index contributed by atoms with van der Waals surface area (Å²) in [6, 6.07) is 18.6. The highest BCUT2D eigenvalue weighted by atomic mass is 16.5. The van der Waals surface area contributed by atoms with Gasteiger partial charge < -0.3 is 15.6 Å². The number of carbonyl (C=O) groups excluding carboxylic acids is 1. The summed E-state index contributed by atoms with van der Waals surface area (Å²) < 4.78 is 6.23. The van der Waals surface area contributed by atoms with Crippen molar-refractivity contribution < 1.29 is 14.0 Å². The summed E-state index contributed by atoms with van der Waals surface area (Å²) >= 11 is 0. The fourth-order valence-electron chi connectivity index (χ4n) is 2.09. The third kappa shape index (κ3) is 2.95. The van der Waals surface area contributed by atoms with Crippen molar-refractivity contribution in [1.82, 2.24) is 5.27 Å². The zero-order chi connectivity index (χ0) is 15.4. The Kier molecular flexibility index (Phi) is 3.82. The molecule has 1 aromatic heterocycles. The van der Waals surface area contributed by atoms with Crippen molar-refractivity contribution in [3.05, 3.63) is 77.7 Å². The summed E-state index contributed by atoms with van der Waals surface area (Å²) in [5.41, 5.74) is 9.45. The molecule has 1 heterocycles. The third-order valence-electron chi connectivity index (χ3n) is 3.13. The number of amides is 1. The number of rotatable bonds is 4. The number of hydrogen-bond donors (Lipinski definition) is 1. The van der Waals surface area contributed by atoms with Crippen LogP contribution in [0.25, 0.3) is 5.73 Å². The smallest absolute Gasteiger partial charge is 0.325 e. The van der Waals surface area contributed by atoms with Crippen LogP contribution in [0, 0.1) is 0 Å². The van der Waals surface area contributed by atoms with Crippen LogP contribution in [0.5, 0.6) is 0 Å². The summed E-state index contributed by atoms with van der Waals surface area (Å²) in [7, 11) is 0. The molecule has 6 nitrogen and oxygen atoms in total. The molecule has 0 unspecified atom stereocenters. The van der Waals surface area contributed by atoms with Gasteiger partial charge in [0, 0.05) is 11.3 Å². The minimum atomic E-state index is -0.423. The fraction of sp³-hybridized carbons (Fsp3) is 0.0625. The summed E-state index contributed by atoms with van der Waals surface area (Å²) in [6.45, 7) is 0.362. The third-order valence-corrected chi connectivity index (χ3v) is 3.13. The van der Waals surface area contributed by atoms with Crippen molar-refractivity contribution in [2.75, 3.05) is 5.32 Å². The quantitative estimate of drug-likeness (QED) is 0.751. The van der Waals surface area contributed by atoms with Crippen LogP contribution in [0.1, 0.15) is 16.1 Å². The molecule has 0 aliphatic carbocycles. The van der Waals surface area contributed by atoms with E-state index in [4.69, 9.17) is 10.3 Å². The zero-order valence-corrected chi connectivity index (χ0v) is 11.7. The van der Waals surface area contributed by atoms with Gasteiger partial charge in [0.15, 0.2) is 5.27 Å². The van der Waals surface area contributed by atoms with Crippen LogP contribution >= 0.6 is 0 Å². The summed E-state index contributed by atoms with van der Waals surface area (Å²) in [5.74, 6) is -0.683.